The van der Waals surface area contributed by atoms with Crippen LogP contribution in [0, 0.1) is 0 Å². The van der Waals surface area contributed by atoms with E-state index in [1.807, 2.05) is 0 Å². The zero-order chi connectivity index (χ0) is 4.83. The summed E-state index contributed by atoms with van der Waals surface area (Å²) in [5, 5.41) is 8.20. The van der Waals surface area contributed by atoms with Gasteiger partial charge in [-0.15, -0.1) is 0 Å². The van der Waals surface area contributed by atoms with E-state index in [1.54, 1.807) is 0 Å². The van der Waals surface area contributed by atoms with E-state index in [9.17, 15) is 0 Å². The van der Waals surface area contributed by atoms with E-state index in [0.29, 0.717) is 6.61 Å². The van der Waals surface area contributed by atoms with E-state index in [2.05, 4.69) is 6.92 Å². The van der Waals surface area contributed by atoms with Crippen LogP contribution in [-0.4, -0.2) is 11.7 Å². The zero-order valence-corrected chi connectivity index (χ0v) is 5.52. The Morgan fingerprint density at radius 1 is 1.29 bits per heavy atom. The van der Waals surface area contributed by atoms with Gasteiger partial charge < -0.3 is 5.11 Å². The van der Waals surface area contributed by atoms with Crippen molar-refractivity contribution in [1.29, 1.82) is 0 Å². The fourth-order valence-electron chi connectivity index (χ4n) is 0.362. The number of aliphatic hydroxyl groups excluding tert-OH is 1. The fourth-order valence-corrected chi connectivity index (χ4v) is 0.362. The van der Waals surface area contributed by atoms with Crippen molar-refractivity contribution in [3.05, 3.63) is 0 Å². The molecule has 0 aliphatic heterocycles. The second-order valence-corrected chi connectivity index (χ2v) is 1.43. The molecule has 0 atom stereocenters. The summed E-state index contributed by atoms with van der Waals surface area (Å²) in [4.78, 5) is 0. The Balaban J connectivity index is 0. The average Bonchev–Trinajstić information content (AvgIpc) is 1.61. The van der Waals surface area contributed by atoms with E-state index >= 15 is 0 Å². The van der Waals surface area contributed by atoms with Gasteiger partial charge in [0.05, 0.1) is 0 Å². The molecule has 0 aliphatic rings. The summed E-state index contributed by atoms with van der Waals surface area (Å²) in [6.07, 6.45) is 3.33. The Bertz CT molecular complexity index is 20.0. The van der Waals surface area contributed by atoms with Crippen LogP contribution in [0.25, 0.3) is 0 Å². The van der Waals surface area contributed by atoms with Gasteiger partial charge in [0.15, 0.2) is 0 Å². The molecule has 2 heteroatoms. The molecule has 0 aromatic carbocycles. The predicted octanol–water partition coefficient (Wildman–Crippen LogP) is 1.17. The van der Waals surface area contributed by atoms with Crippen LogP contribution < -0.4 is 0 Å². The number of unbranched alkanes of at least 4 members (excludes halogenated alkanes) is 2. The van der Waals surface area contributed by atoms with Crippen molar-refractivity contribution in [2.24, 2.45) is 0 Å². The number of rotatable bonds is 3. The topological polar surface area (TPSA) is 20.2 Å². The van der Waals surface area contributed by atoms with Gasteiger partial charge in [0, 0.05) is 23.7 Å². The second-order valence-electron chi connectivity index (χ2n) is 1.43. The molecule has 0 fully saturated rings. The van der Waals surface area contributed by atoms with Crippen molar-refractivity contribution < 1.29 is 22.2 Å². The van der Waals surface area contributed by atoms with Crippen LogP contribution in [0.1, 0.15) is 26.2 Å². The van der Waals surface area contributed by atoms with Crippen molar-refractivity contribution in [3.63, 3.8) is 0 Å². The minimum Gasteiger partial charge on any atom is -0.396 e. The maximum Gasteiger partial charge on any atom is 0.0431 e. The first kappa shape index (κ1) is 10.5. The summed E-state index contributed by atoms with van der Waals surface area (Å²) < 4.78 is 0. The molecule has 49 valence electrons. The first-order chi connectivity index (χ1) is 2.91. The summed E-state index contributed by atoms with van der Waals surface area (Å²) in [6.45, 7) is 2.48. The number of hydrogen-bond acceptors (Lipinski definition) is 1. The van der Waals surface area contributed by atoms with Gasteiger partial charge in [-0.05, 0) is 6.42 Å². The molecule has 0 bridgehead atoms. The van der Waals surface area contributed by atoms with E-state index in [1.165, 1.54) is 6.42 Å². The molecule has 0 saturated carbocycles. The molecule has 0 aromatic heterocycles. The summed E-state index contributed by atoms with van der Waals surface area (Å²) in [7, 11) is 0. The van der Waals surface area contributed by atoms with Crippen LogP contribution in [0.4, 0.5) is 0 Å². The number of aliphatic hydroxyl groups is 1. The van der Waals surface area contributed by atoms with Crippen LogP contribution in [0.2, 0.25) is 0 Å². The summed E-state index contributed by atoms with van der Waals surface area (Å²) in [6, 6.07) is 0. The Hall–Kier alpha value is 0.479. The largest absolute Gasteiger partial charge is 0.396 e. The second kappa shape index (κ2) is 9.70. The monoisotopic (exact) mass is 151 g/mol. The third kappa shape index (κ3) is 10.7. The summed E-state index contributed by atoms with van der Waals surface area (Å²) >= 11 is 0. The molecule has 0 aliphatic carbocycles. The average molecular weight is 152 g/mol. The molecule has 0 spiro atoms. The van der Waals surface area contributed by atoms with Crippen molar-refractivity contribution in [3.8, 4) is 0 Å². The van der Waals surface area contributed by atoms with E-state index in [0.717, 1.165) is 12.8 Å². The Labute approximate surface area is 55.6 Å². The Kier molecular flexibility index (Phi) is 14.5. The normalized spacial score (nSPS) is 7.71. The van der Waals surface area contributed by atoms with Gasteiger partial charge in [0.1, 0.15) is 0 Å². The quantitative estimate of drug-likeness (QED) is 0.474. The van der Waals surface area contributed by atoms with Crippen LogP contribution >= 0.6 is 0 Å². The molecule has 1 radical (unpaired) electrons. The van der Waals surface area contributed by atoms with Crippen LogP contribution in [0.5, 0.6) is 0 Å². The van der Waals surface area contributed by atoms with Gasteiger partial charge in [-0.2, -0.15) is 0 Å². The van der Waals surface area contributed by atoms with Crippen LogP contribution in [0.15, 0.2) is 0 Å². The van der Waals surface area contributed by atoms with Crippen LogP contribution in [-0.2, 0) is 17.1 Å². The minimum absolute atomic E-state index is 0. The fraction of sp³-hybridized carbons (Fsp3) is 1.00. The molecule has 0 unspecified atom stereocenters. The van der Waals surface area contributed by atoms with Crippen molar-refractivity contribution in [1.82, 2.24) is 0 Å². The van der Waals surface area contributed by atoms with Crippen molar-refractivity contribution in [2.45, 2.75) is 26.2 Å². The maximum absolute atomic E-state index is 8.20. The molecular formula is C5H12CuO. The SMILES string of the molecule is CCCCCO.[Cu]. The van der Waals surface area contributed by atoms with Crippen molar-refractivity contribution >= 4 is 0 Å². The third-order valence-corrected chi connectivity index (χ3v) is 0.762. The van der Waals surface area contributed by atoms with Crippen molar-refractivity contribution in [2.75, 3.05) is 6.61 Å². The molecule has 0 rings (SSSR count). The van der Waals surface area contributed by atoms with E-state index < -0.39 is 0 Å². The van der Waals surface area contributed by atoms with Gasteiger partial charge in [-0.3, -0.25) is 0 Å². The van der Waals surface area contributed by atoms with Gasteiger partial charge in [0.2, 0.25) is 0 Å². The van der Waals surface area contributed by atoms with E-state index in [-0.39, 0.29) is 17.1 Å². The molecule has 0 heterocycles. The van der Waals surface area contributed by atoms with Gasteiger partial charge in [0.25, 0.3) is 0 Å². The molecule has 7 heavy (non-hydrogen) atoms. The first-order valence-electron chi connectivity index (χ1n) is 2.52. The zero-order valence-electron chi connectivity index (χ0n) is 4.58. The minimum atomic E-state index is 0. The van der Waals surface area contributed by atoms with E-state index in [4.69, 9.17) is 5.11 Å². The van der Waals surface area contributed by atoms with Crippen LogP contribution in [0.3, 0.4) is 0 Å². The Morgan fingerprint density at radius 2 is 1.86 bits per heavy atom. The number of hydrogen-bond donors (Lipinski definition) is 1. The van der Waals surface area contributed by atoms with Gasteiger partial charge in [-0.1, -0.05) is 19.8 Å². The molecule has 0 saturated heterocycles. The molecule has 1 nitrogen and oxygen atoms in total. The van der Waals surface area contributed by atoms with Gasteiger partial charge >= 0.3 is 0 Å². The smallest absolute Gasteiger partial charge is 0.0431 e. The molecule has 0 amide bonds. The standard InChI is InChI=1S/C5H12O.Cu/c1-2-3-4-5-6;/h6H,2-5H2,1H3;. The molecule has 0 aromatic rings. The van der Waals surface area contributed by atoms with Gasteiger partial charge in [-0.25, -0.2) is 0 Å². The molecular weight excluding hydrogens is 140 g/mol. The predicted molar refractivity (Wildman–Crippen MR) is 26.6 cm³/mol. The Morgan fingerprint density at radius 3 is 2.00 bits per heavy atom. The summed E-state index contributed by atoms with van der Waals surface area (Å²) in [5.74, 6) is 0. The first-order valence-corrected chi connectivity index (χ1v) is 2.52. The molecule has 1 N–H and O–H groups in total. The summed E-state index contributed by atoms with van der Waals surface area (Å²) in [5.41, 5.74) is 0. The third-order valence-electron chi connectivity index (χ3n) is 0.762. The maximum atomic E-state index is 8.20.